The fourth-order valence-corrected chi connectivity index (χ4v) is 3.60. The van der Waals surface area contributed by atoms with Gasteiger partial charge in [-0.3, -0.25) is 4.90 Å². The van der Waals surface area contributed by atoms with Gasteiger partial charge in [-0.25, -0.2) is 0 Å². The third-order valence-corrected chi connectivity index (χ3v) is 4.49. The van der Waals surface area contributed by atoms with Crippen molar-refractivity contribution < 1.29 is 10.2 Å². The van der Waals surface area contributed by atoms with Gasteiger partial charge in [0.2, 0.25) is 0 Å². The van der Waals surface area contributed by atoms with Gasteiger partial charge in [0, 0.05) is 37.1 Å². The summed E-state index contributed by atoms with van der Waals surface area (Å²) in [4.78, 5) is 3.62. The third kappa shape index (κ3) is 4.27. The SMILES string of the molecule is Cl.Cl.Oc1cc(O)cc([C@@H](c2cccs2)N2CCNCC2)c1. The Morgan fingerprint density at radius 3 is 2.23 bits per heavy atom. The number of aromatic hydroxyl groups is 2. The number of hydrogen-bond donors (Lipinski definition) is 3. The van der Waals surface area contributed by atoms with Crippen molar-refractivity contribution in [3.8, 4) is 11.5 Å². The maximum Gasteiger partial charge on any atom is 0.119 e. The van der Waals surface area contributed by atoms with Gasteiger partial charge >= 0.3 is 0 Å². The maximum absolute atomic E-state index is 9.75. The fraction of sp³-hybridized carbons (Fsp3) is 0.333. The molecule has 0 spiro atoms. The van der Waals surface area contributed by atoms with Crippen molar-refractivity contribution in [3.63, 3.8) is 0 Å². The van der Waals surface area contributed by atoms with Crippen LogP contribution in [0, 0.1) is 0 Å². The van der Waals surface area contributed by atoms with Crippen molar-refractivity contribution in [2.45, 2.75) is 6.04 Å². The summed E-state index contributed by atoms with van der Waals surface area (Å²) < 4.78 is 0. The maximum atomic E-state index is 9.75. The second kappa shape index (κ2) is 8.60. The number of benzene rings is 1. The Morgan fingerprint density at radius 2 is 1.68 bits per heavy atom. The normalized spacial score (nSPS) is 16.4. The summed E-state index contributed by atoms with van der Waals surface area (Å²) in [5.74, 6) is 0.216. The van der Waals surface area contributed by atoms with Crippen LogP contribution in [0.15, 0.2) is 35.7 Å². The Balaban J connectivity index is 0.00000121. The summed E-state index contributed by atoms with van der Waals surface area (Å²) in [6.45, 7) is 3.84. The predicted molar refractivity (Wildman–Crippen MR) is 94.9 cm³/mol. The Labute approximate surface area is 146 Å². The van der Waals surface area contributed by atoms with Crippen LogP contribution < -0.4 is 5.32 Å². The number of nitrogens with zero attached hydrogens (tertiary/aromatic N) is 1. The Hall–Kier alpha value is -0.980. The van der Waals surface area contributed by atoms with E-state index in [0.29, 0.717) is 0 Å². The second-order valence-corrected chi connectivity index (χ2v) is 5.97. The summed E-state index contributed by atoms with van der Waals surface area (Å²) in [6, 6.07) is 9.09. The molecule has 4 nitrogen and oxygen atoms in total. The third-order valence-electron chi connectivity index (χ3n) is 3.57. The first-order chi connectivity index (χ1) is 9.74. The van der Waals surface area contributed by atoms with Gasteiger partial charge in [0.05, 0.1) is 6.04 Å². The second-order valence-electron chi connectivity index (χ2n) is 4.99. The van der Waals surface area contributed by atoms with Crippen LogP contribution >= 0.6 is 36.2 Å². The lowest BCUT2D eigenvalue weighted by molar-refractivity contribution is 0.200. The van der Waals surface area contributed by atoms with E-state index in [2.05, 4.69) is 21.7 Å². The molecule has 0 aliphatic carbocycles. The lowest BCUT2D eigenvalue weighted by Gasteiger charge is -2.34. The Kier molecular flexibility index (Phi) is 7.45. The molecule has 0 radical (unpaired) electrons. The van der Waals surface area contributed by atoms with E-state index >= 15 is 0 Å². The molecule has 1 aromatic carbocycles. The average molecular weight is 363 g/mol. The number of phenolic OH excluding ortho intramolecular Hbond substituents is 2. The van der Waals surface area contributed by atoms with Gasteiger partial charge in [-0.05, 0) is 29.1 Å². The van der Waals surface area contributed by atoms with Crippen molar-refractivity contribution in [2.75, 3.05) is 26.2 Å². The van der Waals surface area contributed by atoms with Gasteiger partial charge in [-0.2, -0.15) is 0 Å². The molecule has 122 valence electrons. The first kappa shape index (κ1) is 19.1. The van der Waals surface area contributed by atoms with Crippen LogP contribution in [0.1, 0.15) is 16.5 Å². The summed E-state index contributed by atoms with van der Waals surface area (Å²) in [6.07, 6.45) is 0. The van der Waals surface area contributed by atoms with Crippen molar-refractivity contribution in [1.82, 2.24) is 10.2 Å². The predicted octanol–water partition coefficient (Wildman–Crippen LogP) is 3.00. The molecular formula is C15H20Cl2N2O2S. The van der Waals surface area contributed by atoms with Crippen molar-refractivity contribution in [3.05, 3.63) is 46.2 Å². The lowest BCUT2D eigenvalue weighted by Crippen LogP contribution is -2.45. The van der Waals surface area contributed by atoms with Crippen LogP contribution in [0.25, 0.3) is 0 Å². The van der Waals surface area contributed by atoms with Crippen LogP contribution in [0.2, 0.25) is 0 Å². The highest BCUT2D eigenvalue weighted by molar-refractivity contribution is 7.10. The summed E-state index contributed by atoms with van der Waals surface area (Å²) >= 11 is 1.71. The molecule has 1 saturated heterocycles. The summed E-state index contributed by atoms with van der Waals surface area (Å²) in [7, 11) is 0. The Bertz CT molecular complexity index is 555. The molecule has 2 heterocycles. The monoisotopic (exact) mass is 362 g/mol. The summed E-state index contributed by atoms with van der Waals surface area (Å²) in [5, 5.41) is 24.9. The van der Waals surface area contributed by atoms with Gasteiger partial charge in [0.25, 0.3) is 0 Å². The molecule has 0 unspecified atom stereocenters. The number of halogens is 2. The van der Waals surface area contributed by atoms with E-state index in [1.807, 2.05) is 6.07 Å². The fourth-order valence-electron chi connectivity index (χ4n) is 2.72. The van der Waals surface area contributed by atoms with E-state index in [1.54, 1.807) is 23.5 Å². The van der Waals surface area contributed by atoms with Gasteiger partial charge in [-0.15, -0.1) is 36.2 Å². The van der Waals surface area contributed by atoms with Crippen molar-refractivity contribution >= 4 is 36.2 Å². The van der Waals surface area contributed by atoms with Gasteiger partial charge in [0.15, 0.2) is 0 Å². The minimum atomic E-state index is 0. The molecule has 0 amide bonds. The molecule has 1 aromatic heterocycles. The minimum Gasteiger partial charge on any atom is -0.508 e. The van der Waals surface area contributed by atoms with Gasteiger partial charge in [-0.1, -0.05) is 6.07 Å². The van der Waals surface area contributed by atoms with Crippen LogP contribution in [0.5, 0.6) is 11.5 Å². The molecule has 0 bridgehead atoms. The number of piperazine rings is 1. The Morgan fingerprint density at radius 1 is 1.05 bits per heavy atom. The standard InChI is InChI=1S/C15H18N2O2S.2ClH/c18-12-8-11(9-13(19)10-12)15(14-2-1-7-20-14)17-5-3-16-4-6-17;;/h1-2,7-10,15-16,18-19H,3-6H2;2*1H/t15-;;/m0../s1. The molecule has 0 saturated carbocycles. The summed E-state index contributed by atoms with van der Waals surface area (Å²) in [5.41, 5.74) is 0.937. The van der Waals surface area contributed by atoms with E-state index in [0.717, 1.165) is 31.7 Å². The van der Waals surface area contributed by atoms with E-state index < -0.39 is 0 Å². The molecule has 3 rings (SSSR count). The zero-order valence-corrected chi connectivity index (χ0v) is 14.4. The average Bonchev–Trinajstić information content (AvgIpc) is 2.93. The lowest BCUT2D eigenvalue weighted by atomic mass is 10.0. The number of hydrogen-bond acceptors (Lipinski definition) is 5. The van der Waals surface area contributed by atoms with Crippen LogP contribution in [-0.2, 0) is 0 Å². The van der Waals surface area contributed by atoms with Gasteiger partial charge < -0.3 is 15.5 Å². The van der Waals surface area contributed by atoms with Crippen LogP contribution in [0.4, 0.5) is 0 Å². The molecule has 1 fully saturated rings. The molecule has 3 N–H and O–H groups in total. The van der Waals surface area contributed by atoms with E-state index in [4.69, 9.17) is 0 Å². The number of nitrogens with one attached hydrogen (secondary N) is 1. The van der Waals surface area contributed by atoms with E-state index in [-0.39, 0.29) is 42.4 Å². The molecule has 7 heteroatoms. The highest BCUT2D eigenvalue weighted by Crippen LogP contribution is 2.35. The van der Waals surface area contributed by atoms with Crippen LogP contribution in [0.3, 0.4) is 0 Å². The molecular weight excluding hydrogens is 343 g/mol. The smallest absolute Gasteiger partial charge is 0.119 e. The largest absolute Gasteiger partial charge is 0.508 e. The minimum absolute atomic E-state index is 0. The zero-order valence-electron chi connectivity index (χ0n) is 11.9. The van der Waals surface area contributed by atoms with Crippen molar-refractivity contribution in [1.29, 1.82) is 0 Å². The molecule has 2 aromatic rings. The zero-order chi connectivity index (χ0) is 13.9. The van der Waals surface area contributed by atoms with Crippen molar-refractivity contribution in [2.24, 2.45) is 0 Å². The van der Waals surface area contributed by atoms with E-state index in [9.17, 15) is 10.2 Å². The highest BCUT2D eigenvalue weighted by Gasteiger charge is 2.25. The highest BCUT2D eigenvalue weighted by atomic mass is 35.5. The molecule has 22 heavy (non-hydrogen) atoms. The first-order valence-electron chi connectivity index (χ1n) is 6.75. The molecule has 1 atom stereocenters. The first-order valence-corrected chi connectivity index (χ1v) is 7.63. The number of rotatable bonds is 3. The number of phenols is 2. The quantitative estimate of drug-likeness (QED) is 0.785. The van der Waals surface area contributed by atoms with Gasteiger partial charge in [0.1, 0.15) is 11.5 Å². The molecule has 1 aliphatic rings. The van der Waals surface area contributed by atoms with Crippen LogP contribution in [-0.4, -0.2) is 41.3 Å². The molecule has 1 aliphatic heterocycles. The number of thiophene rings is 1. The topological polar surface area (TPSA) is 55.7 Å². The van der Waals surface area contributed by atoms with E-state index in [1.165, 1.54) is 10.9 Å².